The van der Waals surface area contributed by atoms with Crippen molar-refractivity contribution in [1.29, 1.82) is 0 Å². The van der Waals surface area contributed by atoms with Gasteiger partial charge in [0.05, 0.1) is 11.0 Å². The molecule has 0 fully saturated rings. The van der Waals surface area contributed by atoms with E-state index in [4.69, 9.17) is 0 Å². The lowest BCUT2D eigenvalue weighted by Crippen LogP contribution is -2.10. The Morgan fingerprint density at radius 2 is 0.708 bits per heavy atom. The summed E-state index contributed by atoms with van der Waals surface area (Å²) in [4.78, 5) is 2.34. The molecule has 12 rings (SSSR count). The maximum absolute atomic E-state index is 2.37. The fourth-order valence-corrected chi connectivity index (χ4v) is 10.0. The molecular formula is C63H44N2. The molecule has 0 amide bonds. The summed E-state index contributed by atoms with van der Waals surface area (Å²) in [5.74, 6) is 0. The molecule has 0 spiro atoms. The number of rotatable bonds is 8. The number of benzene rings is 11. The molecular weight excluding hydrogens is 785 g/mol. The lowest BCUT2D eigenvalue weighted by molar-refractivity contribution is 1.17. The van der Waals surface area contributed by atoms with Gasteiger partial charge < -0.3 is 9.47 Å². The largest absolute Gasteiger partial charge is 0.311 e. The van der Waals surface area contributed by atoms with Crippen molar-refractivity contribution in [2.45, 2.75) is 6.92 Å². The molecule has 0 saturated carbocycles. The van der Waals surface area contributed by atoms with Gasteiger partial charge in [-0.25, -0.2) is 0 Å². The predicted octanol–water partition coefficient (Wildman–Crippen LogP) is 17.5. The van der Waals surface area contributed by atoms with Gasteiger partial charge in [-0.3, -0.25) is 0 Å². The molecule has 0 saturated heterocycles. The molecule has 65 heavy (non-hydrogen) atoms. The van der Waals surface area contributed by atoms with Gasteiger partial charge in [-0.2, -0.15) is 0 Å². The van der Waals surface area contributed by atoms with Crippen LogP contribution in [0.3, 0.4) is 0 Å². The van der Waals surface area contributed by atoms with Crippen LogP contribution in [0.2, 0.25) is 0 Å². The van der Waals surface area contributed by atoms with Crippen molar-refractivity contribution in [2.75, 3.05) is 4.90 Å². The molecule has 11 aromatic carbocycles. The summed E-state index contributed by atoms with van der Waals surface area (Å²) in [5, 5.41) is 7.57. The first kappa shape index (κ1) is 38.2. The van der Waals surface area contributed by atoms with Gasteiger partial charge in [0, 0.05) is 33.5 Å². The summed E-state index contributed by atoms with van der Waals surface area (Å²) in [6.45, 7) is 2.20. The van der Waals surface area contributed by atoms with Crippen molar-refractivity contribution in [3.8, 4) is 50.2 Å². The van der Waals surface area contributed by atoms with Crippen molar-refractivity contribution in [2.24, 2.45) is 0 Å². The lowest BCUT2D eigenvalue weighted by Gasteiger charge is -2.26. The number of nitrogens with zero attached hydrogens (tertiary/aromatic N) is 2. The van der Waals surface area contributed by atoms with Crippen molar-refractivity contribution in [3.63, 3.8) is 0 Å². The van der Waals surface area contributed by atoms with E-state index in [0.717, 1.165) is 22.7 Å². The highest BCUT2D eigenvalue weighted by atomic mass is 15.1. The standard InChI is InChI=1S/C63H44N2/c1-43-27-40-58-59(41-43)62(56-23-8-9-24-57(56)63(58)49-18-14-17-48(42-49)44-15-4-2-5-16-44)47-30-28-45(29-31-47)46-32-34-51(35-33-46)64(50-19-6-3-7-20-50)52-36-38-53(39-37-52)65-60-25-12-10-21-54(60)55-22-11-13-26-61(55)65/h2-42H,1H3. The van der Waals surface area contributed by atoms with E-state index < -0.39 is 0 Å². The second-order valence-electron chi connectivity index (χ2n) is 17.0. The van der Waals surface area contributed by atoms with Crippen molar-refractivity contribution < 1.29 is 0 Å². The summed E-state index contributed by atoms with van der Waals surface area (Å²) >= 11 is 0. The first-order chi connectivity index (χ1) is 32.2. The van der Waals surface area contributed by atoms with Crippen molar-refractivity contribution in [1.82, 2.24) is 4.57 Å². The first-order valence-electron chi connectivity index (χ1n) is 22.4. The molecule has 0 aliphatic rings. The van der Waals surface area contributed by atoms with Crippen molar-refractivity contribution >= 4 is 60.4 Å². The van der Waals surface area contributed by atoms with Crippen LogP contribution in [0.1, 0.15) is 5.56 Å². The molecule has 0 atom stereocenters. The minimum absolute atomic E-state index is 1.10. The average Bonchev–Trinajstić information content (AvgIpc) is 3.71. The van der Waals surface area contributed by atoms with E-state index in [1.54, 1.807) is 0 Å². The Morgan fingerprint density at radius 1 is 0.277 bits per heavy atom. The Balaban J connectivity index is 0.895. The third-order valence-corrected chi connectivity index (χ3v) is 13.0. The minimum atomic E-state index is 1.10. The predicted molar refractivity (Wildman–Crippen MR) is 277 cm³/mol. The van der Waals surface area contributed by atoms with E-state index in [1.165, 1.54) is 93.4 Å². The third-order valence-electron chi connectivity index (χ3n) is 13.0. The number of fused-ring (bicyclic) bond motifs is 5. The maximum Gasteiger partial charge on any atom is 0.0541 e. The topological polar surface area (TPSA) is 8.17 Å². The highest BCUT2D eigenvalue weighted by Crippen LogP contribution is 2.45. The van der Waals surface area contributed by atoms with Crippen LogP contribution in [0, 0.1) is 6.92 Å². The molecule has 0 aliphatic heterocycles. The summed E-state index contributed by atoms with van der Waals surface area (Å²) in [5.41, 5.74) is 17.9. The Kier molecular flexibility index (Phi) is 9.43. The Bertz CT molecular complexity index is 3630. The van der Waals surface area contributed by atoms with E-state index in [-0.39, 0.29) is 0 Å². The summed E-state index contributed by atoms with van der Waals surface area (Å²) in [7, 11) is 0. The van der Waals surface area contributed by atoms with Crippen LogP contribution in [-0.4, -0.2) is 4.57 Å². The molecule has 2 heteroatoms. The van der Waals surface area contributed by atoms with Crippen LogP contribution in [0.15, 0.2) is 249 Å². The zero-order valence-corrected chi connectivity index (χ0v) is 36.1. The molecule has 306 valence electrons. The van der Waals surface area contributed by atoms with Gasteiger partial charge in [-0.15, -0.1) is 0 Å². The van der Waals surface area contributed by atoms with Gasteiger partial charge in [0.1, 0.15) is 0 Å². The molecule has 0 bridgehead atoms. The Labute approximate surface area is 379 Å². The zero-order valence-electron chi connectivity index (χ0n) is 36.1. The van der Waals surface area contributed by atoms with E-state index in [1.807, 2.05) is 0 Å². The molecule has 0 N–H and O–H groups in total. The van der Waals surface area contributed by atoms with Gasteiger partial charge in [-0.05, 0) is 140 Å². The Morgan fingerprint density at radius 3 is 1.34 bits per heavy atom. The van der Waals surface area contributed by atoms with Gasteiger partial charge in [-0.1, -0.05) is 188 Å². The number of aromatic nitrogens is 1. The molecule has 1 heterocycles. The highest BCUT2D eigenvalue weighted by Gasteiger charge is 2.19. The third kappa shape index (κ3) is 6.75. The van der Waals surface area contributed by atoms with E-state index in [0.29, 0.717) is 0 Å². The second kappa shape index (κ2) is 16.0. The highest BCUT2D eigenvalue weighted by molar-refractivity contribution is 6.21. The molecule has 12 aromatic rings. The van der Waals surface area contributed by atoms with Gasteiger partial charge >= 0.3 is 0 Å². The normalized spacial score (nSPS) is 11.5. The van der Waals surface area contributed by atoms with Crippen LogP contribution in [0.25, 0.3) is 93.5 Å². The molecule has 0 radical (unpaired) electrons. The van der Waals surface area contributed by atoms with E-state index in [9.17, 15) is 0 Å². The first-order valence-corrected chi connectivity index (χ1v) is 22.4. The van der Waals surface area contributed by atoms with Crippen molar-refractivity contribution in [3.05, 3.63) is 254 Å². The molecule has 0 unspecified atom stereocenters. The van der Waals surface area contributed by atoms with Gasteiger partial charge in [0.2, 0.25) is 0 Å². The number of para-hydroxylation sites is 3. The van der Waals surface area contributed by atoms with Crippen LogP contribution in [-0.2, 0) is 0 Å². The summed E-state index contributed by atoms with van der Waals surface area (Å²) in [6.07, 6.45) is 0. The SMILES string of the molecule is Cc1ccc2c(-c3cccc(-c4ccccc4)c3)c3ccccc3c(-c3ccc(-c4ccc(N(c5ccccc5)c5ccc(-n6c7ccccc7c7ccccc76)cc5)cc4)cc3)c2c1. The summed E-state index contributed by atoms with van der Waals surface area (Å²) < 4.78 is 2.37. The maximum atomic E-state index is 2.37. The Hall–Kier alpha value is -8.46. The van der Waals surface area contributed by atoms with Gasteiger partial charge in [0.15, 0.2) is 0 Å². The van der Waals surface area contributed by atoms with E-state index in [2.05, 4.69) is 265 Å². The number of anilines is 3. The molecule has 2 nitrogen and oxygen atoms in total. The smallest absolute Gasteiger partial charge is 0.0541 e. The second-order valence-corrected chi connectivity index (χ2v) is 17.0. The monoisotopic (exact) mass is 828 g/mol. The molecule has 1 aromatic heterocycles. The fourth-order valence-electron chi connectivity index (χ4n) is 10.0. The summed E-state index contributed by atoms with van der Waals surface area (Å²) in [6, 6.07) is 90.6. The lowest BCUT2D eigenvalue weighted by atomic mass is 9.84. The minimum Gasteiger partial charge on any atom is -0.311 e. The zero-order chi connectivity index (χ0) is 43.3. The van der Waals surface area contributed by atoms with Gasteiger partial charge in [0.25, 0.3) is 0 Å². The number of hydrogen-bond donors (Lipinski definition) is 0. The van der Waals surface area contributed by atoms with Crippen LogP contribution < -0.4 is 4.90 Å². The fraction of sp³-hybridized carbons (Fsp3) is 0.0159. The number of hydrogen-bond acceptors (Lipinski definition) is 1. The van der Waals surface area contributed by atoms with Crippen LogP contribution in [0.5, 0.6) is 0 Å². The number of aryl methyl sites for hydroxylation is 1. The van der Waals surface area contributed by atoms with Crippen LogP contribution in [0.4, 0.5) is 17.1 Å². The quantitative estimate of drug-likeness (QED) is 0.139. The van der Waals surface area contributed by atoms with Crippen LogP contribution >= 0.6 is 0 Å². The molecule has 0 aliphatic carbocycles. The van der Waals surface area contributed by atoms with E-state index >= 15 is 0 Å². The average molecular weight is 829 g/mol.